The van der Waals surface area contributed by atoms with E-state index < -0.39 is 10.0 Å². The third-order valence-electron chi connectivity index (χ3n) is 5.43. The summed E-state index contributed by atoms with van der Waals surface area (Å²) in [4.78, 5) is 27.6. The minimum Gasteiger partial charge on any atom is -0.395 e. The van der Waals surface area contributed by atoms with Crippen LogP contribution >= 0.6 is 11.8 Å². The molecule has 0 fully saturated rings. The molecule has 8 heteroatoms. The minimum absolute atomic E-state index is 0.0421. The molecule has 0 saturated carbocycles. The Hall–Kier alpha value is -2.78. The number of nitrogens with zero attached hydrogens (tertiary/aromatic N) is 1. The summed E-state index contributed by atoms with van der Waals surface area (Å²) < 4.78 is 27.1. The Bertz CT molecular complexity index is 1310. The standard InChI is InChI=1S/C25H23NO5S2/c1-2-14-26(15-16-27)33(30,31)18-12-10-17(11-13-18)32-22-9-5-8-21-23(22)25(29)20-7-4-3-6-19(20)24(21)28/h3-13,27H,2,14-16H2,1H3. The van der Waals surface area contributed by atoms with Gasteiger partial charge in [-0.3, -0.25) is 9.59 Å². The quantitative estimate of drug-likeness (QED) is 0.409. The van der Waals surface area contributed by atoms with Crippen molar-refractivity contribution in [2.45, 2.75) is 28.0 Å². The van der Waals surface area contributed by atoms with Crippen molar-refractivity contribution in [1.29, 1.82) is 0 Å². The summed E-state index contributed by atoms with van der Waals surface area (Å²) in [5.74, 6) is -0.370. The zero-order chi connectivity index (χ0) is 23.6. The van der Waals surface area contributed by atoms with E-state index in [0.29, 0.717) is 40.1 Å². The fraction of sp³-hybridized carbons (Fsp3) is 0.200. The van der Waals surface area contributed by atoms with Crippen LogP contribution in [0, 0.1) is 0 Å². The van der Waals surface area contributed by atoms with Crippen LogP contribution in [-0.2, 0) is 10.0 Å². The highest BCUT2D eigenvalue weighted by atomic mass is 32.2. The highest BCUT2D eigenvalue weighted by Gasteiger charge is 2.31. The van der Waals surface area contributed by atoms with Crippen LogP contribution in [0.25, 0.3) is 0 Å². The van der Waals surface area contributed by atoms with Crippen molar-refractivity contribution < 1.29 is 23.1 Å². The van der Waals surface area contributed by atoms with Crippen molar-refractivity contribution in [1.82, 2.24) is 4.31 Å². The predicted molar refractivity (Wildman–Crippen MR) is 126 cm³/mol. The van der Waals surface area contributed by atoms with Crippen molar-refractivity contribution in [2.24, 2.45) is 0 Å². The molecule has 0 atom stereocenters. The summed E-state index contributed by atoms with van der Waals surface area (Å²) in [6, 6.07) is 18.4. The van der Waals surface area contributed by atoms with E-state index in [4.69, 9.17) is 0 Å². The van der Waals surface area contributed by atoms with Crippen LogP contribution in [0.4, 0.5) is 0 Å². The highest BCUT2D eigenvalue weighted by Crippen LogP contribution is 2.37. The van der Waals surface area contributed by atoms with E-state index >= 15 is 0 Å². The van der Waals surface area contributed by atoms with Crippen LogP contribution in [0.3, 0.4) is 0 Å². The Kier molecular flexibility index (Phi) is 6.81. The molecule has 0 aliphatic heterocycles. The molecule has 1 N–H and O–H groups in total. The summed E-state index contributed by atoms with van der Waals surface area (Å²) in [5.41, 5.74) is 1.55. The number of sulfonamides is 1. The van der Waals surface area contributed by atoms with Crippen LogP contribution in [-0.4, -0.2) is 49.1 Å². The second-order valence-corrected chi connectivity index (χ2v) is 10.6. The first kappa shape index (κ1) is 23.4. The van der Waals surface area contributed by atoms with Crippen LogP contribution in [0.5, 0.6) is 0 Å². The van der Waals surface area contributed by atoms with Crippen LogP contribution in [0.2, 0.25) is 0 Å². The number of carbonyl (C=O) groups is 2. The van der Waals surface area contributed by atoms with Gasteiger partial charge in [0.1, 0.15) is 0 Å². The van der Waals surface area contributed by atoms with Gasteiger partial charge in [-0.2, -0.15) is 4.31 Å². The molecule has 0 bridgehead atoms. The Morgan fingerprint density at radius 3 is 2.09 bits per heavy atom. The lowest BCUT2D eigenvalue weighted by molar-refractivity contribution is 0.0977. The molecule has 0 saturated heterocycles. The summed E-state index contributed by atoms with van der Waals surface area (Å²) in [7, 11) is -3.71. The molecule has 3 aromatic rings. The Labute approximate surface area is 197 Å². The number of benzene rings is 3. The maximum atomic E-state index is 13.2. The third kappa shape index (κ3) is 4.39. The van der Waals surface area contributed by atoms with E-state index in [-0.39, 0.29) is 29.6 Å². The number of carbonyl (C=O) groups excluding carboxylic acids is 2. The van der Waals surface area contributed by atoms with E-state index in [9.17, 15) is 23.1 Å². The number of rotatable bonds is 8. The number of hydrogen-bond acceptors (Lipinski definition) is 6. The number of hydrogen-bond donors (Lipinski definition) is 1. The average Bonchev–Trinajstić information content (AvgIpc) is 2.82. The summed E-state index contributed by atoms with van der Waals surface area (Å²) in [6.45, 7) is 2.00. The normalized spacial score (nSPS) is 13.2. The number of aliphatic hydroxyl groups excluding tert-OH is 1. The van der Waals surface area contributed by atoms with E-state index in [0.717, 1.165) is 4.90 Å². The molecule has 3 aromatic carbocycles. The molecule has 4 rings (SSSR count). The molecule has 0 unspecified atom stereocenters. The van der Waals surface area contributed by atoms with Gasteiger partial charge >= 0.3 is 0 Å². The third-order valence-corrected chi connectivity index (χ3v) is 8.41. The lowest BCUT2D eigenvalue weighted by atomic mass is 9.84. The topological polar surface area (TPSA) is 91.8 Å². The highest BCUT2D eigenvalue weighted by molar-refractivity contribution is 7.99. The van der Waals surface area contributed by atoms with Crippen LogP contribution in [0.15, 0.2) is 81.4 Å². The zero-order valence-electron chi connectivity index (χ0n) is 18.0. The molecule has 0 heterocycles. The molecule has 0 radical (unpaired) electrons. The largest absolute Gasteiger partial charge is 0.395 e. The summed E-state index contributed by atoms with van der Waals surface area (Å²) in [6.07, 6.45) is 0.641. The van der Waals surface area contributed by atoms with Gasteiger partial charge in [0.2, 0.25) is 10.0 Å². The van der Waals surface area contributed by atoms with Crippen molar-refractivity contribution in [3.8, 4) is 0 Å². The van der Waals surface area contributed by atoms with E-state index in [2.05, 4.69) is 0 Å². The molecule has 0 aromatic heterocycles. The number of fused-ring (bicyclic) bond motifs is 2. The van der Waals surface area contributed by atoms with Crippen molar-refractivity contribution >= 4 is 33.4 Å². The Morgan fingerprint density at radius 2 is 1.45 bits per heavy atom. The Morgan fingerprint density at radius 1 is 0.818 bits per heavy atom. The monoisotopic (exact) mass is 481 g/mol. The molecule has 1 aliphatic rings. The lowest BCUT2D eigenvalue weighted by Gasteiger charge is -2.21. The molecule has 6 nitrogen and oxygen atoms in total. The maximum Gasteiger partial charge on any atom is 0.243 e. The first-order chi connectivity index (χ1) is 15.9. The van der Waals surface area contributed by atoms with Gasteiger partial charge in [-0.15, -0.1) is 0 Å². The minimum atomic E-state index is -3.71. The van der Waals surface area contributed by atoms with Gasteiger partial charge in [0.15, 0.2) is 11.6 Å². The molecular formula is C25H23NO5S2. The van der Waals surface area contributed by atoms with Gasteiger partial charge in [-0.05, 0) is 36.8 Å². The van der Waals surface area contributed by atoms with Crippen LogP contribution in [0.1, 0.15) is 45.2 Å². The van der Waals surface area contributed by atoms with Crippen molar-refractivity contribution in [2.75, 3.05) is 19.7 Å². The van der Waals surface area contributed by atoms with Crippen molar-refractivity contribution in [3.05, 3.63) is 89.0 Å². The number of aliphatic hydroxyl groups is 1. The van der Waals surface area contributed by atoms with Gasteiger partial charge in [-0.25, -0.2) is 8.42 Å². The Balaban J connectivity index is 1.64. The van der Waals surface area contributed by atoms with Gasteiger partial charge in [0, 0.05) is 45.1 Å². The molecule has 1 aliphatic carbocycles. The van der Waals surface area contributed by atoms with Crippen molar-refractivity contribution in [3.63, 3.8) is 0 Å². The predicted octanol–water partition coefficient (Wildman–Crippen LogP) is 4.01. The average molecular weight is 482 g/mol. The van der Waals surface area contributed by atoms with Gasteiger partial charge < -0.3 is 5.11 Å². The fourth-order valence-electron chi connectivity index (χ4n) is 3.87. The first-order valence-electron chi connectivity index (χ1n) is 10.6. The van der Waals surface area contributed by atoms with E-state index in [1.54, 1.807) is 54.6 Å². The first-order valence-corrected chi connectivity index (χ1v) is 12.8. The molecule has 0 spiro atoms. The second-order valence-electron chi connectivity index (χ2n) is 7.58. The van der Waals surface area contributed by atoms with Gasteiger partial charge in [0.25, 0.3) is 0 Å². The smallest absolute Gasteiger partial charge is 0.243 e. The summed E-state index contributed by atoms with van der Waals surface area (Å²) >= 11 is 1.31. The maximum absolute atomic E-state index is 13.2. The summed E-state index contributed by atoms with van der Waals surface area (Å²) in [5, 5.41) is 9.22. The molecular weight excluding hydrogens is 458 g/mol. The van der Waals surface area contributed by atoms with Crippen LogP contribution < -0.4 is 0 Å². The molecule has 0 amide bonds. The van der Waals surface area contributed by atoms with E-state index in [1.165, 1.54) is 28.2 Å². The number of ketones is 2. The van der Waals surface area contributed by atoms with E-state index in [1.807, 2.05) is 6.92 Å². The second kappa shape index (κ2) is 9.61. The molecule has 170 valence electrons. The SMILES string of the molecule is CCCN(CCO)S(=O)(=O)c1ccc(Sc2cccc3c2C(=O)c2ccccc2C3=O)cc1. The molecule has 33 heavy (non-hydrogen) atoms. The fourth-order valence-corrected chi connectivity index (χ4v) is 6.37. The van der Waals surface area contributed by atoms with Gasteiger partial charge in [0.05, 0.1) is 11.5 Å². The van der Waals surface area contributed by atoms with Gasteiger partial charge in [-0.1, -0.05) is 55.1 Å². The lowest BCUT2D eigenvalue weighted by Crippen LogP contribution is -2.34. The zero-order valence-corrected chi connectivity index (χ0v) is 19.7.